The number of aliphatic hydroxyl groups is 1. The summed E-state index contributed by atoms with van der Waals surface area (Å²) in [6.07, 6.45) is 2.48. The SMILES string of the molecule is COc1c(-c2ccc(-c3ccc(OCCO)cc3)cc2)nc2c(Br)c[n+]([O-])cc2c1C(=O)NO.Cl. The smallest absolute Gasteiger partial charge is 0.279 e. The van der Waals surface area contributed by atoms with Gasteiger partial charge in [-0.05, 0) is 39.2 Å². The summed E-state index contributed by atoms with van der Waals surface area (Å²) >= 11 is 3.33. The molecule has 0 unspecified atom stereocenters. The van der Waals surface area contributed by atoms with Gasteiger partial charge in [0.2, 0.25) is 0 Å². The number of amides is 1. The van der Waals surface area contributed by atoms with Gasteiger partial charge in [0.05, 0.1) is 24.6 Å². The molecule has 0 aliphatic rings. The molecule has 2 heterocycles. The van der Waals surface area contributed by atoms with Gasteiger partial charge in [-0.3, -0.25) is 10.0 Å². The fourth-order valence-corrected chi connectivity index (χ4v) is 4.13. The Morgan fingerprint density at radius 1 is 1.09 bits per heavy atom. The van der Waals surface area contributed by atoms with Crippen molar-refractivity contribution in [3.8, 4) is 33.9 Å². The van der Waals surface area contributed by atoms with E-state index in [2.05, 4.69) is 20.9 Å². The van der Waals surface area contributed by atoms with Gasteiger partial charge < -0.3 is 19.8 Å². The number of aromatic nitrogens is 2. The van der Waals surface area contributed by atoms with Crippen LogP contribution in [0.3, 0.4) is 0 Å². The van der Waals surface area contributed by atoms with Gasteiger partial charge in [-0.2, -0.15) is 4.73 Å². The molecule has 3 N–H and O–H groups in total. The van der Waals surface area contributed by atoms with Crippen LogP contribution in [0.25, 0.3) is 33.3 Å². The zero-order valence-electron chi connectivity index (χ0n) is 18.4. The van der Waals surface area contributed by atoms with Crippen molar-refractivity contribution in [3.05, 3.63) is 76.2 Å². The molecule has 11 heteroatoms. The zero-order chi connectivity index (χ0) is 24.2. The third-order valence-electron chi connectivity index (χ3n) is 5.15. The summed E-state index contributed by atoms with van der Waals surface area (Å²) in [5, 5.41) is 30.4. The van der Waals surface area contributed by atoms with Gasteiger partial charge in [0.25, 0.3) is 5.91 Å². The summed E-state index contributed by atoms with van der Waals surface area (Å²) in [5.74, 6) is -0.0433. The van der Waals surface area contributed by atoms with Crippen LogP contribution in [-0.2, 0) is 0 Å². The lowest BCUT2D eigenvalue weighted by molar-refractivity contribution is -0.604. The highest BCUT2D eigenvalue weighted by Crippen LogP contribution is 2.38. The first-order chi connectivity index (χ1) is 16.5. The zero-order valence-corrected chi connectivity index (χ0v) is 20.8. The fraction of sp³-hybridized carbons (Fsp3) is 0.125. The number of hydrogen-bond acceptors (Lipinski definition) is 7. The van der Waals surface area contributed by atoms with Crippen molar-refractivity contribution in [2.24, 2.45) is 0 Å². The van der Waals surface area contributed by atoms with Crippen molar-refractivity contribution in [3.63, 3.8) is 0 Å². The topological polar surface area (TPSA) is 128 Å². The molecule has 1 amide bonds. The van der Waals surface area contributed by atoms with Crippen molar-refractivity contribution in [1.82, 2.24) is 10.5 Å². The van der Waals surface area contributed by atoms with Gasteiger partial charge >= 0.3 is 0 Å². The number of carbonyl (C=O) groups is 1. The molecule has 9 nitrogen and oxygen atoms in total. The van der Waals surface area contributed by atoms with Crippen LogP contribution in [0.4, 0.5) is 0 Å². The van der Waals surface area contributed by atoms with E-state index >= 15 is 0 Å². The molecule has 0 saturated carbocycles. The maximum absolute atomic E-state index is 12.5. The average molecular weight is 563 g/mol. The molecule has 35 heavy (non-hydrogen) atoms. The Kier molecular flexibility index (Phi) is 8.47. The number of rotatable bonds is 7. The van der Waals surface area contributed by atoms with Crippen molar-refractivity contribution >= 4 is 45.1 Å². The Morgan fingerprint density at radius 2 is 1.69 bits per heavy atom. The van der Waals surface area contributed by atoms with Gasteiger partial charge in [-0.15, -0.1) is 12.4 Å². The molecule has 0 fully saturated rings. The van der Waals surface area contributed by atoms with E-state index in [-0.39, 0.29) is 42.3 Å². The summed E-state index contributed by atoms with van der Waals surface area (Å²) in [6, 6.07) is 15.0. The molecule has 2 aromatic carbocycles. The minimum atomic E-state index is -0.830. The number of carbonyl (C=O) groups excluding carboxylic acids is 1. The number of nitrogens with zero attached hydrogens (tertiary/aromatic N) is 2. The van der Waals surface area contributed by atoms with Crippen LogP contribution in [0, 0.1) is 5.21 Å². The summed E-state index contributed by atoms with van der Waals surface area (Å²) in [6.45, 7) is 0.181. The van der Waals surface area contributed by atoms with E-state index in [0.29, 0.717) is 31.7 Å². The van der Waals surface area contributed by atoms with E-state index < -0.39 is 5.91 Å². The van der Waals surface area contributed by atoms with Crippen molar-refractivity contribution in [2.75, 3.05) is 20.3 Å². The van der Waals surface area contributed by atoms with E-state index in [1.807, 2.05) is 48.5 Å². The highest BCUT2D eigenvalue weighted by molar-refractivity contribution is 9.10. The molecule has 0 bridgehead atoms. The number of methoxy groups -OCH3 is 1. The van der Waals surface area contributed by atoms with Gasteiger partial charge in [0, 0.05) is 5.56 Å². The van der Waals surface area contributed by atoms with E-state index in [4.69, 9.17) is 14.6 Å². The first kappa shape index (κ1) is 26.2. The standard InChI is InChI=1S/C24H20BrN3O6.ClH/c1-33-23-20(24(30)27-31)18-12-28(32)13-19(25)22(18)26-21(23)16-4-2-14(3-5-16)15-6-8-17(9-7-15)34-11-10-29;/h2-9,12-13,29,31H,10-11H2,1H3,(H,27,30);1H. The maximum Gasteiger partial charge on any atom is 0.279 e. The Morgan fingerprint density at radius 3 is 2.26 bits per heavy atom. The van der Waals surface area contributed by atoms with Crippen molar-refractivity contribution in [2.45, 2.75) is 0 Å². The van der Waals surface area contributed by atoms with E-state index in [0.717, 1.165) is 11.1 Å². The number of fused-ring (bicyclic) bond motifs is 1. The molecule has 0 aliphatic carbocycles. The van der Waals surface area contributed by atoms with Crippen LogP contribution < -0.4 is 19.7 Å². The van der Waals surface area contributed by atoms with Crippen LogP contribution in [0.1, 0.15) is 10.4 Å². The number of ether oxygens (including phenoxy) is 2. The van der Waals surface area contributed by atoms with Gasteiger partial charge in [-0.25, -0.2) is 10.5 Å². The van der Waals surface area contributed by atoms with Crippen LogP contribution in [-0.4, -0.2) is 41.5 Å². The minimum Gasteiger partial charge on any atom is -0.619 e. The van der Waals surface area contributed by atoms with Crippen molar-refractivity contribution in [1.29, 1.82) is 0 Å². The van der Waals surface area contributed by atoms with Crippen LogP contribution in [0.2, 0.25) is 0 Å². The monoisotopic (exact) mass is 561 g/mol. The number of aliphatic hydroxyl groups excluding tert-OH is 1. The summed E-state index contributed by atoms with van der Waals surface area (Å²) in [7, 11) is 1.39. The minimum absolute atomic E-state index is 0. The first-order valence-corrected chi connectivity index (χ1v) is 10.9. The lowest BCUT2D eigenvalue weighted by Gasteiger charge is -2.15. The molecule has 0 atom stereocenters. The van der Waals surface area contributed by atoms with E-state index in [9.17, 15) is 15.2 Å². The maximum atomic E-state index is 12.5. The highest BCUT2D eigenvalue weighted by atomic mass is 79.9. The largest absolute Gasteiger partial charge is 0.619 e. The summed E-state index contributed by atoms with van der Waals surface area (Å²) < 4.78 is 11.8. The molecular weight excluding hydrogens is 542 g/mol. The molecule has 0 saturated heterocycles. The highest BCUT2D eigenvalue weighted by Gasteiger charge is 2.25. The number of pyridine rings is 2. The lowest BCUT2D eigenvalue weighted by Crippen LogP contribution is -2.27. The molecule has 0 radical (unpaired) electrons. The predicted molar refractivity (Wildman–Crippen MR) is 135 cm³/mol. The molecule has 182 valence electrons. The number of hydrogen-bond donors (Lipinski definition) is 3. The Bertz CT molecular complexity index is 1350. The number of halogens is 2. The lowest BCUT2D eigenvalue weighted by atomic mass is 10.00. The van der Waals surface area contributed by atoms with Crippen molar-refractivity contribution < 1.29 is 29.3 Å². The third kappa shape index (κ3) is 5.30. The summed E-state index contributed by atoms with van der Waals surface area (Å²) in [5.41, 5.74) is 4.91. The number of hydroxylamine groups is 1. The molecule has 2 aromatic heterocycles. The number of benzene rings is 2. The predicted octanol–water partition coefficient (Wildman–Crippen LogP) is 3.89. The molecule has 4 aromatic rings. The molecule has 4 rings (SSSR count). The number of nitrogens with one attached hydrogen (secondary N) is 1. The van der Waals surface area contributed by atoms with Crippen LogP contribution >= 0.6 is 28.3 Å². The van der Waals surface area contributed by atoms with Crippen LogP contribution in [0.15, 0.2) is 65.4 Å². The van der Waals surface area contributed by atoms with E-state index in [1.54, 1.807) is 5.48 Å². The van der Waals surface area contributed by atoms with E-state index in [1.165, 1.54) is 19.5 Å². The second-order valence-electron chi connectivity index (χ2n) is 7.21. The molecule has 0 spiro atoms. The van der Waals surface area contributed by atoms with Gasteiger partial charge in [0.1, 0.15) is 28.1 Å². The second kappa shape index (κ2) is 11.3. The van der Waals surface area contributed by atoms with Crippen LogP contribution in [0.5, 0.6) is 11.5 Å². The Balaban J connectivity index is 0.00000342. The average Bonchev–Trinajstić information content (AvgIpc) is 2.86. The molecule has 0 aliphatic heterocycles. The molecular formula is C24H21BrClN3O6. The van der Waals surface area contributed by atoms with Gasteiger partial charge in [-0.1, -0.05) is 36.4 Å². The summed E-state index contributed by atoms with van der Waals surface area (Å²) in [4.78, 5) is 17.2. The Hall–Kier alpha value is -3.44. The third-order valence-corrected chi connectivity index (χ3v) is 5.73. The quantitative estimate of drug-likeness (QED) is 0.135. The van der Waals surface area contributed by atoms with Gasteiger partial charge in [0.15, 0.2) is 18.1 Å². The Labute approximate surface area is 215 Å². The fourth-order valence-electron chi connectivity index (χ4n) is 3.63. The normalized spacial score (nSPS) is 10.5. The first-order valence-electron chi connectivity index (χ1n) is 10.2. The second-order valence-corrected chi connectivity index (χ2v) is 8.07.